The van der Waals surface area contributed by atoms with E-state index < -0.39 is 24.0 Å². The second kappa shape index (κ2) is 6.76. The molecule has 7 nitrogen and oxygen atoms in total. The average molecular weight is 300 g/mol. The smallest absolute Gasteiger partial charge is 0.338 e. The first kappa shape index (κ1) is 15.8. The van der Waals surface area contributed by atoms with E-state index in [1.54, 1.807) is 0 Å². The third-order valence-electron chi connectivity index (χ3n) is 2.35. The molecule has 3 amide bonds. The van der Waals surface area contributed by atoms with E-state index in [0.29, 0.717) is 5.02 Å². The molecule has 0 spiro atoms. The van der Waals surface area contributed by atoms with Crippen LogP contribution < -0.4 is 16.4 Å². The molecule has 0 saturated carbocycles. The summed E-state index contributed by atoms with van der Waals surface area (Å²) in [6, 6.07) is 3.52. The summed E-state index contributed by atoms with van der Waals surface area (Å²) in [7, 11) is 1.36. The number of esters is 1. The highest BCUT2D eigenvalue weighted by Crippen LogP contribution is 2.20. The Morgan fingerprint density at radius 3 is 2.55 bits per heavy atom. The summed E-state index contributed by atoms with van der Waals surface area (Å²) in [5.41, 5.74) is 5.95. The lowest BCUT2D eigenvalue weighted by atomic mass is 10.2. The van der Waals surface area contributed by atoms with Crippen LogP contribution in [0.25, 0.3) is 0 Å². The number of ether oxygens (including phenoxy) is 1. The number of amides is 3. The first-order valence-electron chi connectivity index (χ1n) is 5.63. The number of hydrogen-bond donors (Lipinski definition) is 3. The number of nitrogens with one attached hydrogen (secondary N) is 2. The summed E-state index contributed by atoms with van der Waals surface area (Å²) in [5.74, 6) is -1.48. The van der Waals surface area contributed by atoms with Crippen molar-refractivity contribution in [1.29, 1.82) is 0 Å². The number of carbonyl (C=O) groups is 3. The SMILES string of the molecule is CNC(=O)NC(=O)[C@@H](C)OC(=O)c1ccc(Cl)c(N)c1. The van der Waals surface area contributed by atoms with E-state index >= 15 is 0 Å². The van der Waals surface area contributed by atoms with Gasteiger partial charge in [0.15, 0.2) is 6.10 Å². The number of urea groups is 1. The number of rotatable bonds is 3. The van der Waals surface area contributed by atoms with Crippen molar-refractivity contribution in [2.24, 2.45) is 0 Å². The van der Waals surface area contributed by atoms with Gasteiger partial charge in [0, 0.05) is 7.05 Å². The zero-order valence-electron chi connectivity index (χ0n) is 10.9. The minimum absolute atomic E-state index is 0.159. The van der Waals surface area contributed by atoms with Gasteiger partial charge in [0.1, 0.15) is 0 Å². The number of imide groups is 1. The maximum atomic E-state index is 11.8. The molecule has 20 heavy (non-hydrogen) atoms. The van der Waals surface area contributed by atoms with E-state index in [-0.39, 0.29) is 11.3 Å². The van der Waals surface area contributed by atoms with E-state index in [0.717, 1.165) is 0 Å². The topological polar surface area (TPSA) is 111 Å². The maximum Gasteiger partial charge on any atom is 0.338 e. The first-order chi connectivity index (χ1) is 9.35. The fourth-order valence-electron chi connectivity index (χ4n) is 1.23. The summed E-state index contributed by atoms with van der Waals surface area (Å²) in [6.45, 7) is 1.34. The van der Waals surface area contributed by atoms with Crippen LogP contribution in [0, 0.1) is 0 Å². The Hall–Kier alpha value is -2.28. The third kappa shape index (κ3) is 4.13. The fraction of sp³-hybridized carbons (Fsp3) is 0.250. The summed E-state index contributed by atoms with van der Waals surface area (Å²) in [6.07, 6.45) is -1.13. The second-order valence-electron chi connectivity index (χ2n) is 3.85. The highest BCUT2D eigenvalue weighted by Gasteiger charge is 2.20. The van der Waals surface area contributed by atoms with Gasteiger partial charge in [0.2, 0.25) is 0 Å². The molecule has 1 aromatic rings. The molecule has 0 aliphatic rings. The van der Waals surface area contributed by atoms with Gasteiger partial charge in [-0.3, -0.25) is 10.1 Å². The van der Waals surface area contributed by atoms with E-state index in [9.17, 15) is 14.4 Å². The van der Waals surface area contributed by atoms with Gasteiger partial charge in [-0.25, -0.2) is 9.59 Å². The number of carbonyl (C=O) groups excluding carboxylic acids is 3. The molecule has 0 heterocycles. The second-order valence-corrected chi connectivity index (χ2v) is 4.26. The van der Waals surface area contributed by atoms with Crippen molar-refractivity contribution in [3.05, 3.63) is 28.8 Å². The van der Waals surface area contributed by atoms with Gasteiger partial charge in [0.05, 0.1) is 16.3 Å². The van der Waals surface area contributed by atoms with Crippen LogP contribution in [-0.2, 0) is 9.53 Å². The lowest BCUT2D eigenvalue weighted by molar-refractivity contribution is -0.127. The summed E-state index contributed by atoms with van der Waals surface area (Å²) >= 11 is 5.73. The first-order valence-corrected chi connectivity index (χ1v) is 6.01. The van der Waals surface area contributed by atoms with Crippen LogP contribution in [-0.4, -0.2) is 31.1 Å². The summed E-state index contributed by atoms with van der Waals surface area (Å²) in [5, 5.41) is 4.51. The molecule has 0 fully saturated rings. The Kier molecular flexibility index (Phi) is 5.33. The van der Waals surface area contributed by atoms with E-state index in [1.165, 1.54) is 32.2 Å². The lowest BCUT2D eigenvalue weighted by Gasteiger charge is -2.13. The molecule has 1 rings (SSSR count). The van der Waals surface area contributed by atoms with Crippen LogP contribution in [0.4, 0.5) is 10.5 Å². The van der Waals surface area contributed by atoms with Crippen LogP contribution in [0.1, 0.15) is 17.3 Å². The van der Waals surface area contributed by atoms with Crippen molar-refractivity contribution >= 4 is 35.2 Å². The van der Waals surface area contributed by atoms with Gasteiger partial charge in [-0.2, -0.15) is 0 Å². The normalized spacial score (nSPS) is 11.3. The van der Waals surface area contributed by atoms with Gasteiger partial charge >= 0.3 is 12.0 Å². The van der Waals surface area contributed by atoms with Crippen molar-refractivity contribution in [2.75, 3.05) is 12.8 Å². The molecule has 1 aromatic carbocycles. The summed E-state index contributed by atoms with van der Waals surface area (Å²) in [4.78, 5) is 34.2. The van der Waals surface area contributed by atoms with Gasteiger partial charge in [-0.15, -0.1) is 0 Å². The molecule has 8 heteroatoms. The minimum Gasteiger partial charge on any atom is -0.449 e. The van der Waals surface area contributed by atoms with Crippen molar-refractivity contribution in [1.82, 2.24) is 10.6 Å². The molecule has 108 valence electrons. The third-order valence-corrected chi connectivity index (χ3v) is 2.69. The molecular formula is C12H14ClN3O4. The van der Waals surface area contributed by atoms with Gasteiger partial charge < -0.3 is 15.8 Å². The maximum absolute atomic E-state index is 11.8. The largest absolute Gasteiger partial charge is 0.449 e. The Morgan fingerprint density at radius 1 is 1.35 bits per heavy atom. The van der Waals surface area contributed by atoms with E-state index in [2.05, 4.69) is 5.32 Å². The molecule has 0 saturated heterocycles. The van der Waals surface area contributed by atoms with E-state index in [1.807, 2.05) is 5.32 Å². The quantitative estimate of drug-likeness (QED) is 0.568. The van der Waals surface area contributed by atoms with Gasteiger partial charge in [-0.05, 0) is 25.1 Å². The monoisotopic (exact) mass is 299 g/mol. The van der Waals surface area contributed by atoms with Crippen LogP contribution in [0.5, 0.6) is 0 Å². The Bertz CT molecular complexity index is 548. The molecule has 1 atom stereocenters. The molecule has 0 unspecified atom stereocenters. The Balaban J connectivity index is 2.67. The fourth-order valence-corrected chi connectivity index (χ4v) is 1.35. The lowest BCUT2D eigenvalue weighted by Crippen LogP contribution is -2.43. The van der Waals surface area contributed by atoms with Crippen LogP contribution in [0.3, 0.4) is 0 Å². The molecular weight excluding hydrogens is 286 g/mol. The van der Waals surface area contributed by atoms with Crippen molar-refractivity contribution in [3.8, 4) is 0 Å². The average Bonchev–Trinajstić information content (AvgIpc) is 2.41. The number of halogens is 1. The minimum atomic E-state index is -1.13. The number of nitrogen functional groups attached to an aromatic ring is 1. The molecule has 0 radical (unpaired) electrons. The number of nitrogens with two attached hydrogens (primary N) is 1. The van der Waals surface area contributed by atoms with Gasteiger partial charge in [-0.1, -0.05) is 11.6 Å². The van der Waals surface area contributed by atoms with Crippen LogP contribution in [0.2, 0.25) is 5.02 Å². The molecule has 4 N–H and O–H groups in total. The molecule has 0 aliphatic heterocycles. The Morgan fingerprint density at radius 2 is 2.00 bits per heavy atom. The standard InChI is InChI=1S/C12H14ClN3O4/c1-6(10(17)16-12(19)15-2)20-11(18)7-3-4-8(13)9(14)5-7/h3-6H,14H2,1-2H3,(H2,15,16,17,19)/t6-/m1/s1. The number of hydrogen-bond acceptors (Lipinski definition) is 5. The van der Waals surface area contributed by atoms with E-state index in [4.69, 9.17) is 22.1 Å². The van der Waals surface area contributed by atoms with Gasteiger partial charge in [0.25, 0.3) is 5.91 Å². The highest BCUT2D eigenvalue weighted by atomic mass is 35.5. The Labute approximate surface area is 120 Å². The van der Waals surface area contributed by atoms with Crippen molar-refractivity contribution in [3.63, 3.8) is 0 Å². The molecule has 0 aliphatic carbocycles. The zero-order chi connectivity index (χ0) is 15.3. The number of benzene rings is 1. The molecule has 0 aromatic heterocycles. The predicted molar refractivity (Wildman–Crippen MR) is 73.3 cm³/mol. The van der Waals surface area contributed by atoms with Crippen LogP contribution in [0.15, 0.2) is 18.2 Å². The highest BCUT2D eigenvalue weighted by molar-refractivity contribution is 6.33. The summed E-state index contributed by atoms with van der Waals surface area (Å²) < 4.78 is 4.91. The number of anilines is 1. The van der Waals surface area contributed by atoms with Crippen molar-refractivity contribution in [2.45, 2.75) is 13.0 Å². The zero-order valence-corrected chi connectivity index (χ0v) is 11.7. The van der Waals surface area contributed by atoms with Crippen molar-refractivity contribution < 1.29 is 19.1 Å². The van der Waals surface area contributed by atoms with Crippen LogP contribution >= 0.6 is 11.6 Å². The molecule has 0 bridgehead atoms. The predicted octanol–water partition coefficient (Wildman–Crippen LogP) is 0.923.